The van der Waals surface area contributed by atoms with Crippen molar-refractivity contribution in [3.8, 4) is 5.75 Å². The van der Waals surface area contributed by atoms with Crippen LogP contribution in [0.4, 0.5) is 5.69 Å². The minimum Gasteiger partial charge on any atom is -0.421 e. The monoisotopic (exact) mass is 435 g/mol. The average Bonchev–Trinajstić information content (AvgIpc) is 2.71. The largest absolute Gasteiger partial charge is 0.421 e. The van der Waals surface area contributed by atoms with Crippen molar-refractivity contribution < 1.29 is 17.9 Å². The Kier molecular flexibility index (Phi) is 5.93. The van der Waals surface area contributed by atoms with Crippen LogP contribution in [0.5, 0.6) is 5.75 Å². The van der Waals surface area contributed by atoms with Gasteiger partial charge in [-0.3, -0.25) is 4.31 Å². The summed E-state index contributed by atoms with van der Waals surface area (Å²) in [6, 6.07) is 18.8. The van der Waals surface area contributed by atoms with Gasteiger partial charge in [0.2, 0.25) is 0 Å². The van der Waals surface area contributed by atoms with Crippen molar-refractivity contribution in [3.63, 3.8) is 0 Å². The van der Waals surface area contributed by atoms with Crippen molar-refractivity contribution >= 4 is 44.9 Å². The zero-order valence-electron chi connectivity index (χ0n) is 14.7. The number of carbonyl (C=O) groups is 1. The lowest BCUT2D eigenvalue weighted by molar-refractivity contribution is 0.0735. The molecule has 28 heavy (non-hydrogen) atoms. The molecule has 0 spiro atoms. The average molecular weight is 436 g/mol. The van der Waals surface area contributed by atoms with Crippen LogP contribution >= 0.6 is 23.2 Å². The topological polar surface area (TPSA) is 63.7 Å². The van der Waals surface area contributed by atoms with Crippen LogP contribution < -0.4 is 9.04 Å². The molecule has 0 amide bonds. The Balaban J connectivity index is 1.81. The molecule has 0 saturated heterocycles. The van der Waals surface area contributed by atoms with E-state index in [-0.39, 0.29) is 26.3 Å². The number of hydrogen-bond donors (Lipinski definition) is 0. The number of rotatable bonds is 5. The van der Waals surface area contributed by atoms with Crippen LogP contribution in [0.2, 0.25) is 10.0 Å². The van der Waals surface area contributed by atoms with Crippen molar-refractivity contribution in [1.29, 1.82) is 0 Å². The summed E-state index contributed by atoms with van der Waals surface area (Å²) in [6.07, 6.45) is 0. The zero-order chi connectivity index (χ0) is 20.3. The molecule has 0 aliphatic rings. The third-order valence-electron chi connectivity index (χ3n) is 3.99. The van der Waals surface area contributed by atoms with Crippen LogP contribution in [0.3, 0.4) is 0 Å². The van der Waals surface area contributed by atoms with Crippen molar-refractivity contribution in [3.05, 3.63) is 88.4 Å². The Morgan fingerprint density at radius 3 is 2.18 bits per heavy atom. The van der Waals surface area contributed by atoms with E-state index in [2.05, 4.69) is 0 Å². The van der Waals surface area contributed by atoms with E-state index >= 15 is 0 Å². The summed E-state index contributed by atoms with van der Waals surface area (Å²) in [5, 5.41) is 0.388. The quantitative estimate of drug-likeness (QED) is 0.415. The van der Waals surface area contributed by atoms with Gasteiger partial charge in [0.15, 0.2) is 5.75 Å². The maximum atomic E-state index is 12.8. The second-order valence-corrected chi connectivity index (χ2v) is 8.53. The molecule has 8 heteroatoms. The smallest absolute Gasteiger partial charge is 0.343 e. The first-order valence-electron chi connectivity index (χ1n) is 8.11. The summed E-state index contributed by atoms with van der Waals surface area (Å²) >= 11 is 11.9. The number of sulfonamides is 1. The van der Waals surface area contributed by atoms with Gasteiger partial charge < -0.3 is 4.74 Å². The van der Waals surface area contributed by atoms with E-state index in [0.29, 0.717) is 5.69 Å². The van der Waals surface area contributed by atoms with Crippen LogP contribution in [0.1, 0.15) is 10.4 Å². The van der Waals surface area contributed by atoms with Gasteiger partial charge in [0.1, 0.15) is 5.02 Å². The summed E-state index contributed by atoms with van der Waals surface area (Å²) in [7, 11) is -2.30. The molecule has 0 heterocycles. The Bertz CT molecular complexity index is 1100. The Labute approximate surface area is 173 Å². The number of ether oxygens (including phenoxy) is 1. The fourth-order valence-electron chi connectivity index (χ4n) is 2.42. The molecular weight excluding hydrogens is 421 g/mol. The Morgan fingerprint density at radius 1 is 0.893 bits per heavy atom. The van der Waals surface area contributed by atoms with Gasteiger partial charge in [0.05, 0.1) is 21.2 Å². The van der Waals surface area contributed by atoms with Crippen LogP contribution in [-0.2, 0) is 10.0 Å². The zero-order valence-corrected chi connectivity index (χ0v) is 17.0. The minimum atomic E-state index is -3.76. The molecule has 3 aromatic rings. The summed E-state index contributed by atoms with van der Waals surface area (Å²) in [5.74, 6) is -0.552. The van der Waals surface area contributed by atoms with Crippen molar-refractivity contribution in [1.82, 2.24) is 0 Å². The van der Waals surface area contributed by atoms with E-state index in [9.17, 15) is 13.2 Å². The molecule has 0 aromatic heterocycles. The molecule has 0 aliphatic carbocycles. The van der Waals surface area contributed by atoms with Gasteiger partial charge in [0, 0.05) is 7.05 Å². The molecule has 3 rings (SSSR count). The molecule has 0 fully saturated rings. The Morgan fingerprint density at radius 2 is 1.54 bits per heavy atom. The number of carbonyl (C=O) groups excluding carboxylic acids is 1. The maximum Gasteiger partial charge on any atom is 0.343 e. The van der Waals surface area contributed by atoms with Gasteiger partial charge in [0.25, 0.3) is 10.0 Å². The summed E-state index contributed by atoms with van der Waals surface area (Å²) in [4.78, 5) is 12.4. The molecular formula is C20H15Cl2NO4S. The Hall–Kier alpha value is -2.54. The van der Waals surface area contributed by atoms with Crippen molar-refractivity contribution in [2.75, 3.05) is 11.4 Å². The third-order valence-corrected chi connectivity index (χ3v) is 6.59. The lowest BCUT2D eigenvalue weighted by Crippen LogP contribution is -2.26. The second kappa shape index (κ2) is 8.22. The molecule has 0 bridgehead atoms. The molecule has 0 N–H and O–H groups in total. The van der Waals surface area contributed by atoms with E-state index in [1.807, 2.05) is 0 Å². The molecule has 0 atom stereocenters. The van der Waals surface area contributed by atoms with E-state index in [4.69, 9.17) is 27.9 Å². The lowest BCUT2D eigenvalue weighted by Gasteiger charge is -2.19. The first-order chi connectivity index (χ1) is 13.3. The maximum absolute atomic E-state index is 12.8. The van der Waals surface area contributed by atoms with Crippen molar-refractivity contribution in [2.24, 2.45) is 0 Å². The van der Waals surface area contributed by atoms with E-state index in [0.717, 1.165) is 0 Å². The van der Waals surface area contributed by atoms with Crippen LogP contribution in [0.15, 0.2) is 77.7 Å². The summed E-state index contributed by atoms with van der Waals surface area (Å²) in [6.45, 7) is 0. The first-order valence-corrected chi connectivity index (χ1v) is 10.3. The van der Waals surface area contributed by atoms with Crippen LogP contribution in [0.25, 0.3) is 0 Å². The van der Waals surface area contributed by atoms with E-state index in [1.165, 1.54) is 41.7 Å². The lowest BCUT2D eigenvalue weighted by atomic mass is 10.2. The molecule has 3 aromatic carbocycles. The normalized spacial score (nSPS) is 11.1. The fourth-order valence-corrected chi connectivity index (χ4v) is 3.95. The number of esters is 1. The highest BCUT2D eigenvalue weighted by Gasteiger charge is 2.22. The van der Waals surface area contributed by atoms with Gasteiger partial charge >= 0.3 is 5.97 Å². The van der Waals surface area contributed by atoms with Gasteiger partial charge in [-0.2, -0.15) is 0 Å². The molecule has 0 radical (unpaired) electrons. The highest BCUT2D eigenvalue weighted by molar-refractivity contribution is 7.92. The minimum absolute atomic E-state index is 0.0520. The number of anilines is 1. The third kappa shape index (κ3) is 4.14. The summed E-state index contributed by atoms with van der Waals surface area (Å²) < 4.78 is 31.9. The fraction of sp³-hybridized carbons (Fsp3) is 0.0500. The van der Waals surface area contributed by atoms with E-state index in [1.54, 1.807) is 42.5 Å². The van der Waals surface area contributed by atoms with Crippen LogP contribution in [0, 0.1) is 0 Å². The van der Waals surface area contributed by atoms with Gasteiger partial charge in [-0.25, -0.2) is 13.2 Å². The summed E-state index contributed by atoms with van der Waals surface area (Å²) in [5.41, 5.74) is 0.707. The molecule has 0 unspecified atom stereocenters. The number of halogens is 2. The van der Waals surface area contributed by atoms with Crippen LogP contribution in [-0.4, -0.2) is 21.4 Å². The van der Waals surface area contributed by atoms with Crippen molar-refractivity contribution in [2.45, 2.75) is 4.90 Å². The SMILES string of the molecule is CN(c1ccccc1)S(=O)(=O)c1ccc(C(=O)Oc2cccc(Cl)c2Cl)cc1. The van der Waals surface area contributed by atoms with Gasteiger partial charge in [-0.15, -0.1) is 0 Å². The number of nitrogens with zero attached hydrogens (tertiary/aromatic N) is 1. The second-order valence-electron chi connectivity index (χ2n) is 5.77. The number of hydrogen-bond acceptors (Lipinski definition) is 4. The van der Waals surface area contributed by atoms with Gasteiger partial charge in [-0.05, 0) is 48.5 Å². The highest BCUT2D eigenvalue weighted by Crippen LogP contribution is 2.32. The molecule has 5 nitrogen and oxygen atoms in total. The highest BCUT2D eigenvalue weighted by atomic mass is 35.5. The first kappa shape index (κ1) is 20.2. The number of benzene rings is 3. The van der Waals surface area contributed by atoms with E-state index < -0.39 is 16.0 Å². The molecule has 144 valence electrons. The van der Waals surface area contributed by atoms with Gasteiger partial charge in [-0.1, -0.05) is 47.5 Å². The molecule has 0 aliphatic heterocycles. The number of para-hydroxylation sites is 1. The molecule has 0 saturated carbocycles. The standard InChI is InChI=1S/C20H15Cl2NO4S/c1-23(15-6-3-2-4-7-15)28(25,26)16-12-10-14(11-13-16)20(24)27-18-9-5-8-17(21)19(18)22/h2-13H,1H3. The predicted octanol–water partition coefficient (Wildman–Crippen LogP) is 5.04. The predicted molar refractivity (Wildman–Crippen MR) is 110 cm³/mol.